The summed E-state index contributed by atoms with van der Waals surface area (Å²) >= 11 is 0. The highest BCUT2D eigenvalue weighted by atomic mass is 16.2. The van der Waals surface area contributed by atoms with Gasteiger partial charge in [-0.2, -0.15) is 5.10 Å². The molecule has 1 aromatic rings. The number of carbonyl (C=O) groups excluding carboxylic acids is 1. The largest absolute Gasteiger partial charge is 0.333 e. The topological polar surface area (TPSA) is 64.2 Å². The number of likely N-dealkylation sites (tertiary alicyclic amines) is 1. The SMILES string of the molecule is CCc1cc(C(=O)N2CCCC2CN)n(C)n1. The molecule has 0 aromatic carbocycles. The van der Waals surface area contributed by atoms with Crippen molar-refractivity contribution in [3.8, 4) is 0 Å². The lowest BCUT2D eigenvalue weighted by atomic mass is 10.2. The van der Waals surface area contributed by atoms with Crippen LogP contribution in [0.2, 0.25) is 0 Å². The van der Waals surface area contributed by atoms with Crippen LogP contribution in [0.15, 0.2) is 6.07 Å². The van der Waals surface area contributed by atoms with E-state index in [1.165, 1.54) is 0 Å². The lowest BCUT2D eigenvalue weighted by molar-refractivity contribution is 0.0730. The third-order valence-corrected chi connectivity index (χ3v) is 3.42. The lowest BCUT2D eigenvalue weighted by Gasteiger charge is -2.23. The third kappa shape index (κ3) is 2.20. The number of carbonyl (C=O) groups is 1. The number of nitrogens with zero attached hydrogens (tertiary/aromatic N) is 3. The van der Waals surface area contributed by atoms with Gasteiger partial charge < -0.3 is 10.6 Å². The molecule has 1 atom stereocenters. The van der Waals surface area contributed by atoms with Crippen LogP contribution in [-0.4, -0.2) is 39.7 Å². The van der Waals surface area contributed by atoms with Gasteiger partial charge in [0.25, 0.3) is 5.91 Å². The molecular weight excluding hydrogens is 216 g/mol. The Hall–Kier alpha value is -1.36. The van der Waals surface area contributed by atoms with Gasteiger partial charge in [0.1, 0.15) is 5.69 Å². The molecule has 2 heterocycles. The average Bonchev–Trinajstić information content (AvgIpc) is 2.93. The summed E-state index contributed by atoms with van der Waals surface area (Å²) in [6.07, 6.45) is 2.91. The van der Waals surface area contributed by atoms with Crippen LogP contribution in [0.3, 0.4) is 0 Å². The first kappa shape index (κ1) is 12.1. The highest BCUT2D eigenvalue weighted by molar-refractivity contribution is 5.93. The van der Waals surface area contributed by atoms with E-state index >= 15 is 0 Å². The van der Waals surface area contributed by atoms with E-state index in [0.717, 1.165) is 31.5 Å². The first-order chi connectivity index (χ1) is 8.17. The Kier molecular flexibility index (Phi) is 3.47. The second-order valence-corrected chi connectivity index (χ2v) is 4.53. The molecule has 0 saturated carbocycles. The highest BCUT2D eigenvalue weighted by Crippen LogP contribution is 2.19. The zero-order chi connectivity index (χ0) is 12.4. The van der Waals surface area contributed by atoms with Crippen LogP contribution in [0.25, 0.3) is 0 Å². The Labute approximate surface area is 102 Å². The molecule has 0 bridgehead atoms. The molecule has 1 aliphatic rings. The molecule has 1 aliphatic heterocycles. The van der Waals surface area contributed by atoms with E-state index in [-0.39, 0.29) is 11.9 Å². The predicted molar refractivity (Wildman–Crippen MR) is 65.7 cm³/mol. The maximum Gasteiger partial charge on any atom is 0.272 e. The Balaban J connectivity index is 2.21. The minimum atomic E-state index is 0.0626. The molecule has 5 nitrogen and oxygen atoms in total. The summed E-state index contributed by atoms with van der Waals surface area (Å²) in [6, 6.07) is 2.08. The summed E-state index contributed by atoms with van der Waals surface area (Å²) in [5, 5.41) is 4.31. The van der Waals surface area contributed by atoms with Gasteiger partial charge in [-0.1, -0.05) is 6.92 Å². The van der Waals surface area contributed by atoms with Crippen molar-refractivity contribution in [2.24, 2.45) is 12.8 Å². The maximum absolute atomic E-state index is 12.4. The summed E-state index contributed by atoms with van der Waals surface area (Å²) in [6.45, 7) is 3.40. The van der Waals surface area contributed by atoms with E-state index < -0.39 is 0 Å². The minimum Gasteiger partial charge on any atom is -0.333 e. The van der Waals surface area contributed by atoms with Crippen LogP contribution in [0.1, 0.15) is 35.9 Å². The van der Waals surface area contributed by atoms with Crippen molar-refractivity contribution in [2.45, 2.75) is 32.2 Å². The lowest BCUT2D eigenvalue weighted by Crippen LogP contribution is -2.40. The number of amides is 1. The fourth-order valence-corrected chi connectivity index (χ4v) is 2.39. The standard InChI is InChI=1S/C12H20N4O/c1-3-9-7-11(15(2)14-9)12(17)16-6-4-5-10(16)8-13/h7,10H,3-6,8,13H2,1-2H3. The summed E-state index contributed by atoms with van der Waals surface area (Å²) in [5.41, 5.74) is 7.32. The summed E-state index contributed by atoms with van der Waals surface area (Å²) in [7, 11) is 1.82. The molecule has 5 heteroatoms. The van der Waals surface area contributed by atoms with Gasteiger partial charge >= 0.3 is 0 Å². The second-order valence-electron chi connectivity index (χ2n) is 4.53. The predicted octanol–water partition coefficient (Wildman–Crippen LogP) is 0.546. The number of rotatable bonds is 3. The van der Waals surface area contributed by atoms with Gasteiger partial charge in [0.15, 0.2) is 0 Å². The third-order valence-electron chi connectivity index (χ3n) is 3.42. The van der Waals surface area contributed by atoms with Gasteiger partial charge in [-0.05, 0) is 25.3 Å². The Morgan fingerprint density at radius 3 is 3.00 bits per heavy atom. The smallest absolute Gasteiger partial charge is 0.272 e. The van der Waals surface area contributed by atoms with Gasteiger partial charge in [0.05, 0.1) is 5.69 Å². The number of hydrogen-bond acceptors (Lipinski definition) is 3. The van der Waals surface area contributed by atoms with Crippen molar-refractivity contribution < 1.29 is 4.79 Å². The Bertz CT molecular complexity index is 413. The summed E-state index contributed by atoms with van der Waals surface area (Å²) < 4.78 is 1.67. The fraction of sp³-hybridized carbons (Fsp3) is 0.667. The number of aromatic nitrogens is 2. The molecule has 17 heavy (non-hydrogen) atoms. The summed E-state index contributed by atoms with van der Waals surface area (Å²) in [5.74, 6) is 0.0626. The van der Waals surface area contributed by atoms with Crippen LogP contribution in [0.4, 0.5) is 0 Å². The molecule has 94 valence electrons. The fourth-order valence-electron chi connectivity index (χ4n) is 2.39. The molecule has 0 aliphatic carbocycles. The van der Waals surface area contributed by atoms with E-state index in [2.05, 4.69) is 5.10 Å². The van der Waals surface area contributed by atoms with E-state index in [9.17, 15) is 4.79 Å². The zero-order valence-electron chi connectivity index (χ0n) is 10.5. The first-order valence-corrected chi connectivity index (χ1v) is 6.21. The molecule has 2 N–H and O–H groups in total. The Morgan fingerprint density at radius 2 is 2.41 bits per heavy atom. The van der Waals surface area contributed by atoms with E-state index in [1.54, 1.807) is 4.68 Å². The van der Waals surface area contributed by atoms with Crippen molar-refractivity contribution >= 4 is 5.91 Å². The van der Waals surface area contributed by atoms with Crippen LogP contribution in [0, 0.1) is 0 Å². The van der Waals surface area contributed by atoms with Crippen LogP contribution in [-0.2, 0) is 13.5 Å². The summed E-state index contributed by atoms with van der Waals surface area (Å²) in [4.78, 5) is 14.3. The number of aryl methyl sites for hydroxylation is 2. The van der Waals surface area contributed by atoms with Crippen molar-refractivity contribution in [3.63, 3.8) is 0 Å². The molecular formula is C12H20N4O. The minimum absolute atomic E-state index is 0.0626. The van der Waals surface area contributed by atoms with Crippen molar-refractivity contribution in [3.05, 3.63) is 17.5 Å². The second kappa shape index (κ2) is 4.87. The normalized spacial score (nSPS) is 19.9. The van der Waals surface area contributed by atoms with Crippen LogP contribution >= 0.6 is 0 Å². The van der Waals surface area contributed by atoms with E-state index in [4.69, 9.17) is 5.73 Å². The van der Waals surface area contributed by atoms with Gasteiger partial charge in [-0.15, -0.1) is 0 Å². The van der Waals surface area contributed by atoms with Crippen molar-refractivity contribution in [1.82, 2.24) is 14.7 Å². The average molecular weight is 236 g/mol. The van der Waals surface area contributed by atoms with Gasteiger partial charge in [0, 0.05) is 26.2 Å². The molecule has 1 amide bonds. The van der Waals surface area contributed by atoms with Crippen LogP contribution < -0.4 is 5.73 Å². The number of hydrogen-bond donors (Lipinski definition) is 1. The van der Waals surface area contributed by atoms with Gasteiger partial charge in [0.2, 0.25) is 0 Å². The van der Waals surface area contributed by atoms with Gasteiger partial charge in [-0.25, -0.2) is 0 Å². The Morgan fingerprint density at radius 1 is 1.65 bits per heavy atom. The van der Waals surface area contributed by atoms with Crippen LogP contribution in [0.5, 0.6) is 0 Å². The quantitative estimate of drug-likeness (QED) is 0.833. The molecule has 1 unspecified atom stereocenters. The molecule has 1 aromatic heterocycles. The monoisotopic (exact) mass is 236 g/mol. The molecule has 0 radical (unpaired) electrons. The first-order valence-electron chi connectivity index (χ1n) is 6.21. The van der Waals surface area contributed by atoms with Crippen molar-refractivity contribution in [2.75, 3.05) is 13.1 Å². The van der Waals surface area contributed by atoms with Crippen molar-refractivity contribution in [1.29, 1.82) is 0 Å². The van der Waals surface area contributed by atoms with E-state index in [0.29, 0.717) is 12.2 Å². The molecule has 2 rings (SSSR count). The molecule has 0 spiro atoms. The highest BCUT2D eigenvalue weighted by Gasteiger charge is 2.29. The zero-order valence-corrected chi connectivity index (χ0v) is 10.5. The van der Waals surface area contributed by atoms with E-state index in [1.807, 2.05) is 24.9 Å². The van der Waals surface area contributed by atoms with Gasteiger partial charge in [-0.3, -0.25) is 9.48 Å². The molecule has 1 saturated heterocycles. The number of nitrogens with two attached hydrogens (primary N) is 1. The molecule has 1 fully saturated rings. The maximum atomic E-state index is 12.4.